The molecule has 29 heavy (non-hydrogen) atoms. The van der Waals surface area contributed by atoms with E-state index in [1.807, 2.05) is 12.1 Å². The smallest absolute Gasteiger partial charge is 0.224 e. The molecule has 3 rings (SSSR count). The van der Waals surface area contributed by atoms with Gasteiger partial charge in [0.2, 0.25) is 5.91 Å². The fraction of sp³-hybridized carbons (Fsp3) is 0.500. The van der Waals surface area contributed by atoms with Gasteiger partial charge in [-0.15, -0.1) is 0 Å². The van der Waals surface area contributed by atoms with E-state index in [0.29, 0.717) is 35.4 Å². The molecule has 1 aliphatic heterocycles. The van der Waals surface area contributed by atoms with Crippen LogP contribution in [0.2, 0.25) is 5.02 Å². The van der Waals surface area contributed by atoms with Crippen molar-refractivity contribution in [2.45, 2.75) is 38.8 Å². The maximum atomic E-state index is 12.4. The topological polar surface area (TPSA) is 63.9 Å². The Kier molecular flexibility index (Phi) is 7.98. The zero-order valence-corrected chi connectivity index (χ0v) is 17.8. The summed E-state index contributed by atoms with van der Waals surface area (Å²) in [5, 5.41) is 3.48. The predicted molar refractivity (Wildman–Crippen MR) is 113 cm³/mol. The van der Waals surface area contributed by atoms with E-state index < -0.39 is 0 Å². The number of methoxy groups -OCH3 is 2. The van der Waals surface area contributed by atoms with Crippen molar-refractivity contribution < 1.29 is 18.7 Å². The zero-order valence-electron chi connectivity index (χ0n) is 17.1. The Balaban J connectivity index is 1.46. The molecule has 6 nitrogen and oxygen atoms in total. The zero-order chi connectivity index (χ0) is 20.6. The van der Waals surface area contributed by atoms with Crippen LogP contribution in [-0.2, 0) is 22.7 Å². The Morgan fingerprint density at radius 2 is 2.10 bits per heavy atom. The summed E-state index contributed by atoms with van der Waals surface area (Å²) < 4.78 is 16.2. The van der Waals surface area contributed by atoms with Gasteiger partial charge in [-0.2, -0.15) is 0 Å². The van der Waals surface area contributed by atoms with Crippen molar-refractivity contribution in [2.75, 3.05) is 32.6 Å². The van der Waals surface area contributed by atoms with Gasteiger partial charge in [0.15, 0.2) is 0 Å². The second-order valence-electron chi connectivity index (χ2n) is 7.48. The van der Waals surface area contributed by atoms with E-state index in [0.717, 1.165) is 50.4 Å². The SMILES string of the molecule is COCc1ccc(CN2CCC[C@@H](CCC(=O)Nc3cc(Cl)ccc3OC)C2)o1. The van der Waals surface area contributed by atoms with Crippen LogP contribution in [0.5, 0.6) is 5.75 Å². The molecule has 2 aromatic rings. The molecule has 7 heteroatoms. The van der Waals surface area contributed by atoms with Crippen LogP contribution in [-0.4, -0.2) is 38.1 Å². The summed E-state index contributed by atoms with van der Waals surface area (Å²) in [5.41, 5.74) is 0.611. The van der Waals surface area contributed by atoms with E-state index in [9.17, 15) is 4.79 Å². The largest absolute Gasteiger partial charge is 0.495 e. The van der Waals surface area contributed by atoms with Crippen molar-refractivity contribution >= 4 is 23.2 Å². The third kappa shape index (κ3) is 6.49. The minimum atomic E-state index is -0.0158. The van der Waals surface area contributed by atoms with Crippen molar-refractivity contribution in [3.05, 3.63) is 46.9 Å². The predicted octanol–water partition coefficient (Wildman–Crippen LogP) is 4.72. The normalized spacial score (nSPS) is 17.3. The fourth-order valence-electron chi connectivity index (χ4n) is 3.80. The number of hydrogen-bond donors (Lipinski definition) is 1. The van der Waals surface area contributed by atoms with E-state index >= 15 is 0 Å². The minimum Gasteiger partial charge on any atom is -0.495 e. The van der Waals surface area contributed by atoms with E-state index in [4.69, 9.17) is 25.5 Å². The fourth-order valence-corrected chi connectivity index (χ4v) is 3.98. The quantitative estimate of drug-likeness (QED) is 0.636. The number of nitrogens with zero attached hydrogens (tertiary/aromatic N) is 1. The number of piperidine rings is 1. The van der Waals surface area contributed by atoms with Gasteiger partial charge in [-0.25, -0.2) is 0 Å². The highest BCUT2D eigenvalue weighted by Gasteiger charge is 2.22. The third-order valence-corrected chi connectivity index (χ3v) is 5.44. The molecule has 0 unspecified atom stereocenters. The maximum absolute atomic E-state index is 12.4. The second kappa shape index (κ2) is 10.7. The lowest BCUT2D eigenvalue weighted by atomic mass is 9.93. The second-order valence-corrected chi connectivity index (χ2v) is 7.91. The molecule has 0 bridgehead atoms. The summed E-state index contributed by atoms with van der Waals surface area (Å²) in [4.78, 5) is 14.8. The van der Waals surface area contributed by atoms with Crippen LogP contribution in [0.15, 0.2) is 34.7 Å². The van der Waals surface area contributed by atoms with Crippen molar-refractivity contribution in [3.63, 3.8) is 0 Å². The van der Waals surface area contributed by atoms with Gasteiger partial charge in [0.1, 0.15) is 23.9 Å². The number of amides is 1. The lowest BCUT2D eigenvalue weighted by molar-refractivity contribution is -0.116. The monoisotopic (exact) mass is 420 g/mol. The summed E-state index contributed by atoms with van der Waals surface area (Å²) in [6.07, 6.45) is 3.63. The van der Waals surface area contributed by atoms with Crippen molar-refractivity contribution in [2.24, 2.45) is 5.92 Å². The molecule has 158 valence electrons. The number of benzene rings is 1. The highest BCUT2D eigenvalue weighted by molar-refractivity contribution is 6.31. The molecule has 1 saturated heterocycles. The standard InChI is InChI=1S/C22H29ClN2O4/c1-27-15-19-8-7-18(29-19)14-25-11-3-4-16(13-25)5-10-22(26)24-20-12-17(23)6-9-21(20)28-2/h6-9,12,16H,3-5,10-11,13-15H2,1-2H3,(H,24,26)/t16-/m0/s1. The summed E-state index contributed by atoms with van der Waals surface area (Å²) >= 11 is 6.03. The first-order valence-corrected chi connectivity index (χ1v) is 10.4. The molecule has 1 aromatic carbocycles. The van der Waals surface area contributed by atoms with E-state index in [1.165, 1.54) is 0 Å². The molecular weight excluding hydrogens is 392 g/mol. The van der Waals surface area contributed by atoms with Crippen LogP contribution in [0, 0.1) is 5.92 Å². The van der Waals surface area contributed by atoms with E-state index in [-0.39, 0.29) is 5.91 Å². The van der Waals surface area contributed by atoms with Crippen LogP contribution < -0.4 is 10.1 Å². The number of carbonyl (C=O) groups excluding carboxylic acids is 1. The van der Waals surface area contributed by atoms with E-state index in [2.05, 4.69) is 10.2 Å². The highest BCUT2D eigenvalue weighted by atomic mass is 35.5. The van der Waals surface area contributed by atoms with Gasteiger partial charge in [0.05, 0.1) is 19.3 Å². The number of anilines is 1. The number of hydrogen-bond acceptors (Lipinski definition) is 5. The first kappa shape index (κ1) is 21.7. The molecule has 1 amide bonds. The first-order valence-electron chi connectivity index (χ1n) is 9.99. The number of halogens is 1. The number of carbonyl (C=O) groups is 1. The minimum absolute atomic E-state index is 0.0158. The number of likely N-dealkylation sites (tertiary alicyclic amines) is 1. The van der Waals surface area contributed by atoms with Crippen LogP contribution in [0.25, 0.3) is 0 Å². The maximum Gasteiger partial charge on any atom is 0.224 e. The Hall–Kier alpha value is -2.02. The number of furan rings is 1. The van der Waals surface area contributed by atoms with Crippen LogP contribution in [0.4, 0.5) is 5.69 Å². The van der Waals surface area contributed by atoms with Gasteiger partial charge in [0.25, 0.3) is 0 Å². The lowest BCUT2D eigenvalue weighted by Crippen LogP contribution is -2.35. The molecule has 0 spiro atoms. The number of ether oxygens (including phenoxy) is 2. The van der Waals surface area contributed by atoms with Gasteiger partial charge in [-0.05, 0) is 62.1 Å². The molecule has 1 aromatic heterocycles. The Morgan fingerprint density at radius 1 is 1.28 bits per heavy atom. The van der Waals surface area contributed by atoms with Crippen LogP contribution in [0.1, 0.15) is 37.2 Å². The average Bonchev–Trinajstić information content (AvgIpc) is 3.14. The third-order valence-electron chi connectivity index (χ3n) is 5.20. The van der Waals surface area contributed by atoms with Crippen molar-refractivity contribution in [3.8, 4) is 5.75 Å². The molecule has 2 heterocycles. The first-order chi connectivity index (χ1) is 14.1. The summed E-state index contributed by atoms with van der Waals surface area (Å²) in [6.45, 7) is 3.33. The van der Waals surface area contributed by atoms with Gasteiger partial charge >= 0.3 is 0 Å². The van der Waals surface area contributed by atoms with Crippen molar-refractivity contribution in [1.29, 1.82) is 0 Å². The van der Waals surface area contributed by atoms with Crippen molar-refractivity contribution in [1.82, 2.24) is 4.90 Å². The molecule has 1 atom stereocenters. The average molecular weight is 421 g/mol. The summed E-state index contributed by atoms with van der Waals surface area (Å²) in [7, 11) is 3.24. The molecule has 0 saturated carbocycles. The van der Waals surface area contributed by atoms with E-state index in [1.54, 1.807) is 32.4 Å². The van der Waals surface area contributed by atoms with Gasteiger partial charge in [-0.3, -0.25) is 9.69 Å². The lowest BCUT2D eigenvalue weighted by Gasteiger charge is -2.32. The molecule has 0 radical (unpaired) electrons. The Morgan fingerprint density at radius 3 is 2.90 bits per heavy atom. The summed E-state index contributed by atoms with van der Waals surface area (Å²) in [5.74, 6) is 2.91. The Bertz CT molecular complexity index is 808. The van der Waals surface area contributed by atoms with Crippen LogP contribution in [0.3, 0.4) is 0 Å². The summed E-state index contributed by atoms with van der Waals surface area (Å²) in [6, 6.07) is 9.19. The Labute approximate surface area is 177 Å². The number of nitrogens with one attached hydrogen (secondary N) is 1. The highest BCUT2D eigenvalue weighted by Crippen LogP contribution is 2.28. The molecule has 1 N–H and O–H groups in total. The van der Waals surface area contributed by atoms with Gasteiger partial charge in [0, 0.05) is 25.1 Å². The number of rotatable bonds is 9. The van der Waals surface area contributed by atoms with Gasteiger partial charge in [-0.1, -0.05) is 11.6 Å². The van der Waals surface area contributed by atoms with Gasteiger partial charge < -0.3 is 19.2 Å². The molecule has 1 aliphatic rings. The molecule has 0 aliphatic carbocycles. The molecular formula is C22H29ClN2O4. The van der Waals surface area contributed by atoms with Crippen LogP contribution >= 0.6 is 11.6 Å². The molecule has 1 fully saturated rings.